The van der Waals surface area contributed by atoms with Crippen molar-refractivity contribution in [3.63, 3.8) is 0 Å². The molecule has 2 aliphatic rings. The maximum absolute atomic E-state index is 13.0. The fraction of sp³-hybridized carbons (Fsp3) is 0.320. The molecule has 1 aliphatic heterocycles. The molecule has 4 aromatic rings. The second-order valence-corrected chi connectivity index (χ2v) is 9.85. The number of carbonyl (C=O) groups excluding carboxylic acids is 1. The van der Waals surface area contributed by atoms with E-state index in [0.717, 1.165) is 65.2 Å². The first-order chi connectivity index (χ1) is 16.2. The van der Waals surface area contributed by atoms with Crippen LogP contribution in [0.15, 0.2) is 41.8 Å². The van der Waals surface area contributed by atoms with Gasteiger partial charge in [0.2, 0.25) is 0 Å². The Hall–Kier alpha value is -3.39. The van der Waals surface area contributed by atoms with Gasteiger partial charge in [0.25, 0.3) is 0 Å². The standard InChI is InChI=1S/C25H24N6OS/c1-31-19(8-9-29-31)5-7-21(32)15-3-6-20-22(11-15)33-25-23(20)24(27-14-28-25)30-18-4-2-16-12-26-13-17(16)10-18/h2,4,8-10,13-15H,3,5-7,11-12H2,1H3,(H,27,28,30). The molecule has 7 nitrogen and oxygen atoms in total. The fourth-order valence-electron chi connectivity index (χ4n) is 4.90. The molecular weight excluding hydrogens is 432 g/mol. The largest absolute Gasteiger partial charge is 0.340 e. The lowest BCUT2D eigenvalue weighted by Crippen LogP contribution is -2.22. The molecule has 6 rings (SSSR count). The Labute approximate surface area is 195 Å². The van der Waals surface area contributed by atoms with Gasteiger partial charge in [-0.3, -0.25) is 14.5 Å². The SMILES string of the molecule is Cn1nccc1CCC(=O)C1CCc2c(sc3ncnc(Nc4ccc5c(c4)C=NC5)c23)C1. The maximum atomic E-state index is 13.0. The number of anilines is 2. The molecular formula is C25H24N6OS. The average molecular weight is 457 g/mol. The molecule has 1 N–H and O–H groups in total. The summed E-state index contributed by atoms with van der Waals surface area (Å²) in [7, 11) is 1.92. The number of hydrogen-bond acceptors (Lipinski definition) is 7. The van der Waals surface area contributed by atoms with Crippen molar-refractivity contribution in [3.05, 3.63) is 64.1 Å². The van der Waals surface area contributed by atoms with Crippen molar-refractivity contribution < 1.29 is 4.79 Å². The number of carbonyl (C=O) groups is 1. The number of aromatic nitrogens is 4. The first-order valence-corrected chi connectivity index (χ1v) is 12.1. The number of nitrogens with one attached hydrogen (secondary N) is 1. The first-order valence-electron chi connectivity index (χ1n) is 11.3. The predicted molar refractivity (Wildman–Crippen MR) is 130 cm³/mol. The van der Waals surface area contributed by atoms with Crippen LogP contribution in [0.2, 0.25) is 0 Å². The van der Waals surface area contributed by atoms with Crippen LogP contribution in [0.25, 0.3) is 10.2 Å². The number of benzene rings is 1. The van der Waals surface area contributed by atoms with Crippen LogP contribution in [-0.4, -0.2) is 31.7 Å². The number of aryl methyl sites for hydroxylation is 3. The molecule has 0 bridgehead atoms. The molecule has 0 spiro atoms. The minimum atomic E-state index is 0.0826. The summed E-state index contributed by atoms with van der Waals surface area (Å²) in [5, 5.41) is 8.81. The Morgan fingerprint density at radius 1 is 1.27 bits per heavy atom. The van der Waals surface area contributed by atoms with Crippen LogP contribution in [0.3, 0.4) is 0 Å². The number of ketones is 1. The Kier molecular flexibility index (Phi) is 5.02. The highest BCUT2D eigenvalue weighted by Crippen LogP contribution is 2.41. The number of Topliss-reactive ketones (excluding diaryl/α,β-unsaturated/α-hetero) is 1. The lowest BCUT2D eigenvalue weighted by molar-refractivity contribution is -0.123. The third-order valence-corrected chi connectivity index (χ3v) is 7.91. The zero-order chi connectivity index (χ0) is 22.4. The molecule has 0 radical (unpaired) electrons. The van der Waals surface area contributed by atoms with Crippen molar-refractivity contribution in [1.82, 2.24) is 19.7 Å². The molecule has 166 valence electrons. The van der Waals surface area contributed by atoms with E-state index >= 15 is 0 Å². The summed E-state index contributed by atoms with van der Waals surface area (Å²) >= 11 is 1.71. The summed E-state index contributed by atoms with van der Waals surface area (Å²) in [6.45, 7) is 0.757. The summed E-state index contributed by atoms with van der Waals surface area (Å²) < 4.78 is 1.85. The van der Waals surface area contributed by atoms with Crippen LogP contribution in [0.1, 0.15) is 40.1 Å². The van der Waals surface area contributed by atoms with E-state index in [1.807, 2.05) is 24.0 Å². The highest BCUT2D eigenvalue weighted by molar-refractivity contribution is 7.19. The van der Waals surface area contributed by atoms with E-state index in [1.54, 1.807) is 23.9 Å². The van der Waals surface area contributed by atoms with Gasteiger partial charge in [0, 0.05) is 48.1 Å². The van der Waals surface area contributed by atoms with Crippen LogP contribution in [-0.2, 0) is 37.6 Å². The van der Waals surface area contributed by atoms with E-state index in [4.69, 9.17) is 0 Å². The molecule has 0 saturated heterocycles. The van der Waals surface area contributed by atoms with E-state index < -0.39 is 0 Å². The van der Waals surface area contributed by atoms with Gasteiger partial charge in [-0.15, -0.1) is 11.3 Å². The lowest BCUT2D eigenvalue weighted by Gasteiger charge is -2.21. The number of thiophene rings is 1. The van der Waals surface area contributed by atoms with Gasteiger partial charge in [-0.25, -0.2) is 9.97 Å². The zero-order valence-corrected chi connectivity index (χ0v) is 19.2. The Morgan fingerprint density at radius 3 is 3.09 bits per heavy atom. The molecule has 0 amide bonds. The molecule has 1 aromatic carbocycles. The third kappa shape index (κ3) is 3.74. The monoisotopic (exact) mass is 456 g/mol. The normalized spacial score (nSPS) is 16.7. The van der Waals surface area contributed by atoms with Crippen molar-refractivity contribution in [1.29, 1.82) is 0 Å². The summed E-state index contributed by atoms with van der Waals surface area (Å²) in [6.07, 6.45) is 9.21. The predicted octanol–water partition coefficient (Wildman–Crippen LogP) is 4.41. The van der Waals surface area contributed by atoms with Crippen LogP contribution in [0, 0.1) is 5.92 Å². The topological polar surface area (TPSA) is 85.1 Å². The number of nitrogens with zero attached hydrogens (tertiary/aromatic N) is 5. The summed E-state index contributed by atoms with van der Waals surface area (Å²) in [6, 6.07) is 8.31. The highest BCUT2D eigenvalue weighted by Gasteiger charge is 2.29. The Bertz CT molecular complexity index is 1400. The average Bonchev–Trinajstić information content (AvgIpc) is 3.55. The number of fused-ring (bicyclic) bond motifs is 4. The van der Waals surface area contributed by atoms with E-state index in [9.17, 15) is 4.79 Å². The molecule has 1 aliphatic carbocycles. The molecule has 0 saturated carbocycles. The molecule has 1 atom stereocenters. The number of aliphatic imine (C=N–C) groups is 1. The summed E-state index contributed by atoms with van der Waals surface area (Å²) in [5.74, 6) is 1.27. The minimum absolute atomic E-state index is 0.0826. The fourth-order valence-corrected chi connectivity index (χ4v) is 6.16. The van der Waals surface area contributed by atoms with Crippen molar-refractivity contribution >= 4 is 45.1 Å². The van der Waals surface area contributed by atoms with Gasteiger partial charge in [-0.2, -0.15) is 5.10 Å². The molecule has 4 heterocycles. The van der Waals surface area contributed by atoms with Crippen molar-refractivity contribution in [2.45, 2.75) is 38.6 Å². The first kappa shape index (κ1) is 20.2. The zero-order valence-electron chi connectivity index (χ0n) is 18.4. The molecule has 8 heteroatoms. The van der Waals surface area contributed by atoms with Crippen LogP contribution >= 0.6 is 11.3 Å². The second kappa shape index (κ2) is 8.19. The number of hydrogen-bond donors (Lipinski definition) is 1. The molecule has 33 heavy (non-hydrogen) atoms. The number of rotatable bonds is 6. The second-order valence-electron chi connectivity index (χ2n) is 8.77. The molecule has 0 fully saturated rings. The van der Waals surface area contributed by atoms with Crippen molar-refractivity contribution in [2.75, 3.05) is 5.32 Å². The minimum Gasteiger partial charge on any atom is -0.340 e. The van der Waals surface area contributed by atoms with E-state index in [0.29, 0.717) is 12.2 Å². The van der Waals surface area contributed by atoms with Gasteiger partial charge in [0.15, 0.2) is 0 Å². The Balaban J connectivity index is 1.23. The van der Waals surface area contributed by atoms with E-state index in [-0.39, 0.29) is 5.92 Å². The maximum Gasteiger partial charge on any atom is 0.142 e. The summed E-state index contributed by atoms with van der Waals surface area (Å²) in [4.78, 5) is 28.7. The van der Waals surface area contributed by atoms with E-state index in [2.05, 4.69) is 43.6 Å². The van der Waals surface area contributed by atoms with Crippen LogP contribution < -0.4 is 5.32 Å². The van der Waals surface area contributed by atoms with Gasteiger partial charge >= 0.3 is 0 Å². The van der Waals surface area contributed by atoms with E-state index in [1.165, 1.54) is 16.0 Å². The van der Waals surface area contributed by atoms with Crippen molar-refractivity contribution in [3.8, 4) is 0 Å². The third-order valence-electron chi connectivity index (χ3n) is 6.75. The van der Waals surface area contributed by atoms with Gasteiger partial charge in [0.05, 0.1) is 11.9 Å². The quantitative estimate of drug-likeness (QED) is 0.465. The van der Waals surface area contributed by atoms with Crippen LogP contribution in [0.5, 0.6) is 0 Å². The summed E-state index contributed by atoms with van der Waals surface area (Å²) in [5.41, 5.74) is 5.81. The van der Waals surface area contributed by atoms with Gasteiger partial charge < -0.3 is 5.32 Å². The lowest BCUT2D eigenvalue weighted by atomic mass is 9.84. The highest BCUT2D eigenvalue weighted by atomic mass is 32.1. The van der Waals surface area contributed by atoms with Crippen molar-refractivity contribution in [2.24, 2.45) is 18.0 Å². The molecule has 1 unspecified atom stereocenters. The van der Waals surface area contributed by atoms with Gasteiger partial charge in [-0.05, 0) is 60.6 Å². The van der Waals surface area contributed by atoms with Gasteiger partial charge in [0.1, 0.15) is 22.8 Å². The smallest absolute Gasteiger partial charge is 0.142 e. The van der Waals surface area contributed by atoms with Gasteiger partial charge in [-0.1, -0.05) is 6.07 Å². The van der Waals surface area contributed by atoms with Crippen LogP contribution in [0.4, 0.5) is 11.5 Å². The Morgan fingerprint density at radius 2 is 2.21 bits per heavy atom. The molecule has 3 aromatic heterocycles.